The summed E-state index contributed by atoms with van der Waals surface area (Å²) in [6.07, 6.45) is 6.32. The van der Waals surface area contributed by atoms with Crippen LogP contribution in [0, 0.1) is 0 Å². The summed E-state index contributed by atoms with van der Waals surface area (Å²) in [6.45, 7) is 6.86. The summed E-state index contributed by atoms with van der Waals surface area (Å²) < 4.78 is 1.39. The lowest BCUT2D eigenvalue weighted by Gasteiger charge is -2.35. The molecular weight excluding hydrogens is 338 g/mol. The number of piperazine rings is 1. The molecule has 2 heterocycles. The molecule has 0 aliphatic carbocycles. The SMILES string of the molecule is C/C=C\Cc1c(NCc2ccccc2N2CCN(C)CC2)cnn(C)c1=O. The Morgan fingerprint density at radius 2 is 1.89 bits per heavy atom. The molecule has 0 saturated carbocycles. The van der Waals surface area contributed by atoms with Crippen molar-refractivity contribution >= 4 is 11.4 Å². The number of benzene rings is 1. The van der Waals surface area contributed by atoms with Gasteiger partial charge in [-0.3, -0.25) is 4.79 Å². The predicted molar refractivity (Wildman–Crippen MR) is 111 cm³/mol. The molecule has 6 nitrogen and oxygen atoms in total. The smallest absolute Gasteiger partial charge is 0.272 e. The van der Waals surface area contributed by atoms with E-state index in [9.17, 15) is 4.79 Å². The molecule has 144 valence electrons. The Hall–Kier alpha value is -2.60. The van der Waals surface area contributed by atoms with Crippen LogP contribution in [0.3, 0.4) is 0 Å². The highest BCUT2D eigenvalue weighted by Crippen LogP contribution is 2.23. The fraction of sp³-hybridized carbons (Fsp3) is 0.429. The van der Waals surface area contributed by atoms with Gasteiger partial charge in [0.15, 0.2) is 0 Å². The van der Waals surface area contributed by atoms with E-state index in [-0.39, 0.29) is 5.56 Å². The minimum absolute atomic E-state index is 0.0505. The summed E-state index contributed by atoms with van der Waals surface area (Å²) in [4.78, 5) is 17.3. The Balaban J connectivity index is 1.80. The lowest BCUT2D eigenvalue weighted by Crippen LogP contribution is -2.44. The van der Waals surface area contributed by atoms with Crippen LogP contribution in [-0.2, 0) is 20.0 Å². The van der Waals surface area contributed by atoms with Crippen molar-refractivity contribution in [3.63, 3.8) is 0 Å². The van der Waals surface area contributed by atoms with E-state index >= 15 is 0 Å². The van der Waals surface area contributed by atoms with Crippen molar-refractivity contribution in [3.05, 3.63) is 64.1 Å². The molecule has 2 aromatic rings. The van der Waals surface area contributed by atoms with Gasteiger partial charge in [-0.25, -0.2) is 4.68 Å². The maximum Gasteiger partial charge on any atom is 0.272 e. The highest BCUT2D eigenvalue weighted by molar-refractivity contribution is 5.57. The predicted octanol–water partition coefficient (Wildman–Crippen LogP) is 2.26. The average Bonchev–Trinajstić information content (AvgIpc) is 2.69. The summed E-state index contributed by atoms with van der Waals surface area (Å²) in [5, 5.41) is 7.63. The molecule has 0 radical (unpaired) electrons. The quantitative estimate of drug-likeness (QED) is 0.794. The summed E-state index contributed by atoms with van der Waals surface area (Å²) >= 11 is 0. The molecule has 6 heteroatoms. The van der Waals surface area contributed by atoms with Crippen molar-refractivity contribution in [3.8, 4) is 0 Å². The highest BCUT2D eigenvalue weighted by atomic mass is 16.1. The largest absolute Gasteiger partial charge is 0.379 e. The first-order valence-electron chi connectivity index (χ1n) is 9.51. The van der Waals surface area contributed by atoms with Crippen LogP contribution >= 0.6 is 0 Å². The number of likely N-dealkylation sites (N-methyl/N-ethyl adjacent to an activating group) is 1. The minimum atomic E-state index is -0.0505. The van der Waals surface area contributed by atoms with E-state index in [2.05, 4.69) is 51.5 Å². The Morgan fingerprint density at radius 3 is 2.63 bits per heavy atom. The molecule has 0 spiro atoms. The zero-order valence-corrected chi connectivity index (χ0v) is 16.5. The molecule has 0 amide bonds. The normalized spacial score (nSPS) is 15.4. The van der Waals surface area contributed by atoms with E-state index < -0.39 is 0 Å². The number of hydrogen-bond donors (Lipinski definition) is 1. The van der Waals surface area contributed by atoms with Crippen molar-refractivity contribution in [2.45, 2.75) is 19.9 Å². The van der Waals surface area contributed by atoms with Gasteiger partial charge in [0.25, 0.3) is 5.56 Å². The summed E-state index contributed by atoms with van der Waals surface area (Å²) in [5.41, 5.74) is 4.02. The van der Waals surface area contributed by atoms with Gasteiger partial charge in [0.2, 0.25) is 0 Å². The first kappa shape index (κ1) is 19.2. The van der Waals surface area contributed by atoms with E-state index in [4.69, 9.17) is 0 Å². The summed E-state index contributed by atoms with van der Waals surface area (Å²) in [5.74, 6) is 0. The second-order valence-corrected chi connectivity index (χ2v) is 7.01. The van der Waals surface area contributed by atoms with Gasteiger partial charge in [-0.2, -0.15) is 5.10 Å². The van der Waals surface area contributed by atoms with Crippen LogP contribution in [0.2, 0.25) is 0 Å². The molecule has 1 aromatic carbocycles. The van der Waals surface area contributed by atoms with Crippen LogP contribution < -0.4 is 15.8 Å². The number of para-hydroxylation sites is 1. The number of nitrogens with zero attached hydrogens (tertiary/aromatic N) is 4. The monoisotopic (exact) mass is 367 g/mol. The highest BCUT2D eigenvalue weighted by Gasteiger charge is 2.17. The van der Waals surface area contributed by atoms with E-state index in [0.717, 1.165) is 37.4 Å². The molecule has 0 atom stereocenters. The van der Waals surface area contributed by atoms with Crippen molar-refractivity contribution in [2.75, 3.05) is 43.4 Å². The van der Waals surface area contributed by atoms with Gasteiger partial charge < -0.3 is 15.1 Å². The summed E-state index contributed by atoms with van der Waals surface area (Å²) in [6, 6.07) is 8.50. The van der Waals surface area contributed by atoms with Crippen LogP contribution in [0.15, 0.2) is 47.4 Å². The number of aryl methyl sites for hydroxylation is 1. The van der Waals surface area contributed by atoms with Crippen molar-refractivity contribution in [1.29, 1.82) is 0 Å². The van der Waals surface area contributed by atoms with Crippen molar-refractivity contribution in [1.82, 2.24) is 14.7 Å². The van der Waals surface area contributed by atoms with Gasteiger partial charge in [0.1, 0.15) is 0 Å². The molecule has 0 unspecified atom stereocenters. The zero-order chi connectivity index (χ0) is 19.2. The fourth-order valence-electron chi connectivity index (χ4n) is 3.38. The molecule has 0 bridgehead atoms. The van der Waals surface area contributed by atoms with Gasteiger partial charge in [0.05, 0.1) is 11.9 Å². The van der Waals surface area contributed by atoms with Gasteiger partial charge in [0, 0.05) is 51.0 Å². The minimum Gasteiger partial charge on any atom is -0.379 e. The standard InChI is InChI=1S/C21H29N5O/c1-4-5-9-18-19(16-23-25(3)21(18)27)22-15-17-8-6-7-10-20(17)26-13-11-24(2)12-14-26/h4-8,10,16,22H,9,11-15H2,1-3H3/b5-4-. The van der Waals surface area contributed by atoms with Crippen LogP contribution in [0.1, 0.15) is 18.1 Å². The first-order valence-corrected chi connectivity index (χ1v) is 9.51. The molecule has 3 rings (SSSR count). The molecule has 1 aliphatic heterocycles. The Morgan fingerprint density at radius 1 is 1.15 bits per heavy atom. The first-order chi connectivity index (χ1) is 13.1. The van der Waals surface area contributed by atoms with Crippen molar-refractivity contribution in [2.24, 2.45) is 7.05 Å². The second kappa shape index (κ2) is 8.86. The second-order valence-electron chi connectivity index (χ2n) is 7.01. The third-order valence-electron chi connectivity index (χ3n) is 5.10. The lowest BCUT2D eigenvalue weighted by molar-refractivity contribution is 0.312. The number of anilines is 2. The van der Waals surface area contributed by atoms with E-state index in [0.29, 0.717) is 13.0 Å². The Labute approximate surface area is 161 Å². The Kier molecular flexibility index (Phi) is 6.29. The zero-order valence-electron chi connectivity index (χ0n) is 16.5. The fourth-order valence-corrected chi connectivity index (χ4v) is 3.38. The van der Waals surface area contributed by atoms with Crippen LogP contribution in [0.5, 0.6) is 0 Å². The summed E-state index contributed by atoms with van der Waals surface area (Å²) in [7, 11) is 3.86. The molecular formula is C21H29N5O. The molecule has 27 heavy (non-hydrogen) atoms. The third-order valence-corrected chi connectivity index (χ3v) is 5.10. The van der Waals surface area contributed by atoms with Crippen LogP contribution in [0.25, 0.3) is 0 Å². The maximum absolute atomic E-state index is 12.5. The molecule has 1 saturated heterocycles. The van der Waals surface area contributed by atoms with E-state index in [1.54, 1.807) is 13.2 Å². The number of nitrogens with one attached hydrogen (secondary N) is 1. The van der Waals surface area contributed by atoms with Crippen molar-refractivity contribution < 1.29 is 0 Å². The van der Waals surface area contributed by atoms with Gasteiger partial charge in [-0.05, 0) is 32.0 Å². The number of aromatic nitrogens is 2. The number of allylic oxidation sites excluding steroid dienone is 2. The van der Waals surface area contributed by atoms with Crippen LogP contribution in [-0.4, -0.2) is 47.9 Å². The van der Waals surface area contributed by atoms with Gasteiger partial charge in [-0.15, -0.1) is 0 Å². The average molecular weight is 367 g/mol. The van der Waals surface area contributed by atoms with Gasteiger partial charge >= 0.3 is 0 Å². The molecule has 1 aromatic heterocycles. The molecule has 1 fully saturated rings. The van der Waals surface area contributed by atoms with Gasteiger partial charge in [-0.1, -0.05) is 30.4 Å². The lowest BCUT2D eigenvalue weighted by atomic mass is 10.1. The van der Waals surface area contributed by atoms with E-state index in [1.807, 2.05) is 19.1 Å². The number of rotatable bonds is 6. The topological polar surface area (TPSA) is 53.4 Å². The molecule has 1 aliphatic rings. The van der Waals surface area contributed by atoms with E-state index in [1.165, 1.54) is 15.9 Å². The molecule has 1 N–H and O–H groups in total. The van der Waals surface area contributed by atoms with Crippen LogP contribution in [0.4, 0.5) is 11.4 Å². The number of hydrogen-bond acceptors (Lipinski definition) is 5. The third kappa shape index (κ3) is 4.57. The Bertz CT molecular complexity index is 850. The maximum atomic E-state index is 12.5.